The second-order valence-electron chi connectivity index (χ2n) is 2.15. The molecule has 0 aromatic heterocycles. The summed E-state index contributed by atoms with van der Waals surface area (Å²) in [5, 5.41) is 0.645. The summed E-state index contributed by atoms with van der Waals surface area (Å²) in [6.45, 7) is 0. The molecule has 0 atom stereocenters. The van der Waals surface area contributed by atoms with Crippen molar-refractivity contribution in [1.29, 1.82) is 0 Å². The molecule has 2 N–H and O–H groups in total. The fourth-order valence-electron chi connectivity index (χ4n) is 0.687. The maximum Gasteiger partial charge on any atom is 0.338 e. The number of rotatable bonds is 1. The van der Waals surface area contributed by atoms with Crippen molar-refractivity contribution >= 4 is 23.8 Å². The number of aliphatic imine (C=N–C) groups is 1. The number of hydrogen-bond donors (Lipinski definition) is 1. The lowest BCUT2D eigenvalue weighted by Gasteiger charge is -1.90. The van der Waals surface area contributed by atoms with E-state index < -0.39 is 6.03 Å². The number of nitrogens with two attached hydrogens (primary N) is 1. The van der Waals surface area contributed by atoms with E-state index in [4.69, 9.17) is 17.3 Å². The summed E-state index contributed by atoms with van der Waals surface area (Å²) < 4.78 is 0. The van der Waals surface area contributed by atoms with Crippen molar-refractivity contribution in [3.05, 3.63) is 34.9 Å². The second kappa shape index (κ2) is 3.88. The zero-order valence-electron chi connectivity index (χ0n) is 6.20. The Morgan fingerprint density at radius 2 is 2.00 bits per heavy atom. The van der Waals surface area contributed by atoms with Crippen molar-refractivity contribution in [2.45, 2.75) is 0 Å². The van der Waals surface area contributed by atoms with Gasteiger partial charge in [0, 0.05) is 11.2 Å². The lowest BCUT2D eigenvalue weighted by molar-refractivity contribution is 0.257. The van der Waals surface area contributed by atoms with Crippen molar-refractivity contribution < 1.29 is 4.79 Å². The van der Waals surface area contributed by atoms with E-state index >= 15 is 0 Å². The highest BCUT2D eigenvalue weighted by molar-refractivity contribution is 6.30. The summed E-state index contributed by atoms with van der Waals surface area (Å²) in [6.07, 6.45) is 1.39. The highest BCUT2D eigenvalue weighted by Crippen LogP contribution is 2.07. The Morgan fingerprint density at radius 1 is 1.42 bits per heavy atom. The van der Waals surface area contributed by atoms with Crippen molar-refractivity contribution in [3.8, 4) is 0 Å². The van der Waals surface area contributed by atoms with E-state index in [-0.39, 0.29) is 0 Å². The molecule has 0 saturated heterocycles. The van der Waals surface area contributed by atoms with Crippen molar-refractivity contribution in [2.75, 3.05) is 0 Å². The molecule has 62 valence electrons. The maximum absolute atomic E-state index is 10.2. The molecule has 1 aromatic rings. The monoisotopic (exact) mass is 182 g/mol. The van der Waals surface area contributed by atoms with Gasteiger partial charge in [0.25, 0.3) is 0 Å². The molecule has 12 heavy (non-hydrogen) atoms. The van der Waals surface area contributed by atoms with Crippen molar-refractivity contribution in [3.63, 3.8) is 0 Å². The summed E-state index contributed by atoms with van der Waals surface area (Å²) in [7, 11) is 0. The predicted octanol–water partition coefficient (Wildman–Crippen LogP) is 1.84. The average molecular weight is 183 g/mol. The van der Waals surface area contributed by atoms with Crippen molar-refractivity contribution in [2.24, 2.45) is 10.7 Å². The van der Waals surface area contributed by atoms with Crippen LogP contribution in [0.1, 0.15) is 5.56 Å². The Hall–Kier alpha value is -1.35. The first-order valence-corrected chi connectivity index (χ1v) is 3.65. The molecule has 0 unspecified atom stereocenters. The number of halogens is 1. The van der Waals surface area contributed by atoms with Crippen LogP contribution in [0.5, 0.6) is 0 Å². The number of primary amides is 1. The normalized spacial score (nSPS) is 10.4. The molecule has 4 heteroatoms. The van der Waals surface area contributed by atoms with Gasteiger partial charge in [-0.1, -0.05) is 23.7 Å². The summed E-state index contributed by atoms with van der Waals surface area (Å²) in [6, 6.07) is 6.21. The molecule has 0 radical (unpaired) electrons. The lowest BCUT2D eigenvalue weighted by atomic mass is 10.2. The number of carbonyl (C=O) groups is 1. The highest BCUT2D eigenvalue weighted by atomic mass is 35.5. The molecular formula is C8H7ClN2O. The van der Waals surface area contributed by atoms with E-state index in [1.807, 2.05) is 0 Å². The summed E-state index contributed by atoms with van der Waals surface area (Å²) in [5.74, 6) is 0. The average Bonchev–Trinajstić information content (AvgIpc) is 2.03. The Labute approximate surface area is 74.9 Å². The van der Waals surface area contributed by atoms with Gasteiger partial charge >= 0.3 is 6.03 Å². The minimum Gasteiger partial charge on any atom is -0.350 e. The van der Waals surface area contributed by atoms with Crippen molar-refractivity contribution in [1.82, 2.24) is 0 Å². The first kappa shape index (κ1) is 8.74. The van der Waals surface area contributed by atoms with Crippen LogP contribution < -0.4 is 5.73 Å². The molecule has 3 nitrogen and oxygen atoms in total. The standard InChI is InChI=1S/C8H7ClN2O/c9-7-3-1-6(2-4-7)5-11-8(10)12/h1-5H,(H2,10,12)/b11-5+. The first-order chi connectivity index (χ1) is 5.68. The molecule has 1 rings (SSSR count). The summed E-state index contributed by atoms with van der Waals surface area (Å²) >= 11 is 5.64. The molecule has 0 heterocycles. The van der Waals surface area contributed by atoms with E-state index in [2.05, 4.69) is 4.99 Å². The van der Waals surface area contributed by atoms with Crippen LogP contribution in [0.3, 0.4) is 0 Å². The number of hydrogen-bond acceptors (Lipinski definition) is 1. The molecule has 0 aliphatic carbocycles. The molecule has 0 spiro atoms. The Morgan fingerprint density at radius 3 is 2.50 bits per heavy atom. The number of carbonyl (C=O) groups excluding carboxylic acids is 1. The van der Waals surface area contributed by atoms with Gasteiger partial charge in [-0.3, -0.25) is 0 Å². The van der Waals surface area contributed by atoms with Crippen LogP contribution in [0.2, 0.25) is 5.02 Å². The van der Waals surface area contributed by atoms with Gasteiger partial charge < -0.3 is 5.73 Å². The minimum atomic E-state index is -0.704. The fourth-order valence-corrected chi connectivity index (χ4v) is 0.813. The molecule has 0 aliphatic rings. The maximum atomic E-state index is 10.2. The van der Waals surface area contributed by atoms with E-state index in [0.29, 0.717) is 5.02 Å². The van der Waals surface area contributed by atoms with Crippen LogP contribution in [-0.2, 0) is 0 Å². The quantitative estimate of drug-likeness (QED) is 0.662. The fraction of sp³-hybridized carbons (Fsp3) is 0. The van der Waals surface area contributed by atoms with Crippen LogP contribution in [0.4, 0.5) is 4.79 Å². The topological polar surface area (TPSA) is 55.5 Å². The van der Waals surface area contributed by atoms with Crippen LogP contribution >= 0.6 is 11.6 Å². The molecular weight excluding hydrogens is 176 g/mol. The molecule has 2 amide bonds. The van der Waals surface area contributed by atoms with Gasteiger partial charge in [0.15, 0.2) is 0 Å². The Balaban J connectivity index is 2.77. The number of urea groups is 1. The van der Waals surface area contributed by atoms with Crippen LogP contribution in [0.25, 0.3) is 0 Å². The zero-order chi connectivity index (χ0) is 8.97. The Kier molecular flexibility index (Phi) is 2.82. The SMILES string of the molecule is NC(=O)/N=C/c1ccc(Cl)cc1. The van der Waals surface area contributed by atoms with Gasteiger partial charge in [-0.25, -0.2) is 9.79 Å². The van der Waals surface area contributed by atoms with E-state index in [0.717, 1.165) is 5.56 Å². The highest BCUT2D eigenvalue weighted by Gasteiger charge is 1.89. The molecule has 1 aromatic carbocycles. The summed E-state index contributed by atoms with van der Waals surface area (Å²) in [5.41, 5.74) is 5.60. The number of amides is 2. The van der Waals surface area contributed by atoms with Gasteiger partial charge in [0.2, 0.25) is 0 Å². The van der Waals surface area contributed by atoms with Gasteiger partial charge in [-0.05, 0) is 17.7 Å². The van der Waals surface area contributed by atoms with E-state index in [1.54, 1.807) is 24.3 Å². The van der Waals surface area contributed by atoms with Gasteiger partial charge in [0.05, 0.1) is 0 Å². The van der Waals surface area contributed by atoms with Gasteiger partial charge in [0.1, 0.15) is 0 Å². The third kappa shape index (κ3) is 2.72. The first-order valence-electron chi connectivity index (χ1n) is 3.27. The molecule has 0 saturated carbocycles. The minimum absolute atomic E-state index is 0.645. The third-order valence-corrected chi connectivity index (χ3v) is 1.46. The predicted molar refractivity (Wildman–Crippen MR) is 48.6 cm³/mol. The number of nitrogens with zero attached hydrogens (tertiary/aromatic N) is 1. The van der Waals surface area contributed by atoms with Gasteiger partial charge in [-0.2, -0.15) is 0 Å². The number of benzene rings is 1. The third-order valence-electron chi connectivity index (χ3n) is 1.21. The van der Waals surface area contributed by atoms with Gasteiger partial charge in [-0.15, -0.1) is 0 Å². The molecule has 0 aliphatic heterocycles. The largest absolute Gasteiger partial charge is 0.350 e. The smallest absolute Gasteiger partial charge is 0.338 e. The van der Waals surface area contributed by atoms with Crippen LogP contribution in [0, 0.1) is 0 Å². The Bertz CT molecular complexity index is 305. The summed E-state index contributed by atoms with van der Waals surface area (Å²) in [4.78, 5) is 13.6. The van der Waals surface area contributed by atoms with E-state index in [9.17, 15) is 4.79 Å². The van der Waals surface area contributed by atoms with E-state index in [1.165, 1.54) is 6.21 Å². The molecule has 0 fully saturated rings. The lowest BCUT2D eigenvalue weighted by Crippen LogP contribution is -2.03. The molecule has 0 bridgehead atoms. The van der Waals surface area contributed by atoms with Crippen LogP contribution in [0.15, 0.2) is 29.3 Å². The van der Waals surface area contributed by atoms with Crippen LogP contribution in [-0.4, -0.2) is 12.2 Å². The second-order valence-corrected chi connectivity index (χ2v) is 2.58. The zero-order valence-corrected chi connectivity index (χ0v) is 6.95.